The topological polar surface area (TPSA) is 273 Å². The van der Waals surface area contributed by atoms with Crippen molar-refractivity contribution in [3.63, 3.8) is 0 Å². The van der Waals surface area contributed by atoms with E-state index in [1.54, 1.807) is 0 Å². The van der Waals surface area contributed by atoms with E-state index < -0.39 is 65.7 Å². The number of rotatable bonds is 10. The average Bonchev–Trinajstić information content (AvgIpc) is 3.03. The van der Waals surface area contributed by atoms with E-state index in [1.165, 1.54) is 7.05 Å². The van der Waals surface area contributed by atoms with Gasteiger partial charge in [0.15, 0.2) is 0 Å². The summed E-state index contributed by atoms with van der Waals surface area (Å²) in [4.78, 5) is 73.0. The predicted octanol–water partition coefficient (Wildman–Crippen LogP) is -1.71. The summed E-state index contributed by atoms with van der Waals surface area (Å²) in [5.41, 5.74) is -1.87. The molecule has 1 fully saturated rings. The van der Waals surface area contributed by atoms with Crippen molar-refractivity contribution in [1.82, 2.24) is 14.9 Å². The van der Waals surface area contributed by atoms with E-state index in [0.29, 0.717) is 0 Å². The minimum Gasteiger partial charge on any atom is -0.390 e. The van der Waals surface area contributed by atoms with Crippen molar-refractivity contribution in [2.45, 2.75) is 24.9 Å². The minimum atomic E-state index is -5.72. The van der Waals surface area contributed by atoms with Gasteiger partial charge in [0.2, 0.25) is 5.91 Å². The van der Waals surface area contributed by atoms with Crippen LogP contribution in [0.5, 0.6) is 0 Å². The molecule has 1 aliphatic rings. The maximum absolute atomic E-state index is 12.1. The van der Waals surface area contributed by atoms with E-state index in [-0.39, 0.29) is 12.0 Å². The Kier molecular flexibility index (Phi) is 9.10. The predicted molar refractivity (Wildman–Crippen MR) is 109 cm³/mol. The third-order valence-electron chi connectivity index (χ3n) is 3.99. The van der Waals surface area contributed by atoms with E-state index >= 15 is 0 Å². The molecule has 1 aromatic rings. The molecule has 7 N–H and O–H groups in total. The molecule has 21 heteroatoms. The molecule has 192 valence electrons. The van der Waals surface area contributed by atoms with Crippen LogP contribution in [0.3, 0.4) is 0 Å². The second-order valence-electron chi connectivity index (χ2n) is 6.52. The van der Waals surface area contributed by atoms with Crippen molar-refractivity contribution < 1.29 is 61.1 Å². The number of carbonyl (C=O) groups excluding carboxylic acids is 1. The molecule has 2 unspecified atom stereocenters. The van der Waals surface area contributed by atoms with E-state index in [2.05, 4.69) is 18.5 Å². The number of H-pyrrole nitrogens is 1. The Morgan fingerprint density at radius 2 is 1.88 bits per heavy atom. The van der Waals surface area contributed by atoms with Crippen molar-refractivity contribution in [2.24, 2.45) is 0 Å². The molecule has 2 rings (SSSR count). The van der Waals surface area contributed by atoms with Crippen molar-refractivity contribution in [3.8, 4) is 0 Å². The highest BCUT2D eigenvalue weighted by Crippen LogP contribution is 2.66. The van der Waals surface area contributed by atoms with Crippen molar-refractivity contribution in [1.29, 1.82) is 0 Å². The summed E-state index contributed by atoms with van der Waals surface area (Å²) in [5, 5.41) is 12.4. The molecule has 0 aromatic carbocycles. The summed E-state index contributed by atoms with van der Waals surface area (Å²) in [6.07, 6.45) is -1.08. The van der Waals surface area contributed by atoms with Gasteiger partial charge in [-0.3, -0.25) is 23.7 Å². The van der Waals surface area contributed by atoms with Crippen LogP contribution in [0.15, 0.2) is 21.9 Å². The Morgan fingerprint density at radius 3 is 2.47 bits per heavy atom. The lowest BCUT2D eigenvalue weighted by molar-refractivity contribution is -0.116. The lowest BCUT2D eigenvalue weighted by Crippen LogP contribution is -2.33. The molecular formula is C13H20N3O15P3. The van der Waals surface area contributed by atoms with Gasteiger partial charge in [0.1, 0.15) is 12.3 Å². The quantitative estimate of drug-likeness (QED) is 0.126. The number of amides is 1. The van der Waals surface area contributed by atoms with Gasteiger partial charge >= 0.3 is 29.2 Å². The molecule has 0 aliphatic carbocycles. The molecule has 18 nitrogen and oxygen atoms in total. The Hall–Kier alpha value is -1.78. The maximum atomic E-state index is 12.1. The molecule has 1 aliphatic heterocycles. The molecule has 34 heavy (non-hydrogen) atoms. The number of aromatic nitrogens is 2. The van der Waals surface area contributed by atoms with Gasteiger partial charge in [-0.1, -0.05) is 0 Å². The summed E-state index contributed by atoms with van der Waals surface area (Å²) >= 11 is 0. The Balaban J connectivity index is 2.11. The Morgan fingerprint density at radius 1 is 1.24 bits per heavy atom. The molecule has 0 spiro atoms. The van der Waals surface area contributed by atoms with Gasteiger partial charge in [0, 0.05) is 25.7 Å². The van der Waals surface area contributed by atoms with Crippen LogP contribution in [0, 0.1) is 0 Å². The van der Waals surface area contributed by atoms with E-state index in [0.717, 1.165) is 22.9 Å². The number of ether oxygens (including phenoxy) is 1. The molecule has 1 aromatic heterocycles. The Labute approximate surface area is 189 Å². The zero-order chi connectivity index (χ0) is 25.9. The normalized spacial score (nSPS) is 24.6. The molecular weight excluding hydrogens is 531 g/mol. The lowest BCUT2D eigenvalue weighted by Gasteiger charge is -2.19. The molecule has 5 atom stereocenters. The van der Waals surface area contributed by atoms with Crippen LogP contribution in [-0.2, 0) is 36.4 Å². The SMILES string of the molecule is CNC(=O)/C=C/c1cn([C@H]2C[C@@H](O)[C@@H](COP(=O)(O)OP(=O)(O)OP(=O)(O)O)O2)c(=O)[nH]c1=O. The number of nitrogens with one attached hydrogen (secondary N) is 2. The lowest BCUT2D eigenvalue weighted by atomic mass is 10.2. The van der Waals surface area contributed by atoms with E-state index in [9.17, 15) is 38.1 Å². The van der Waals surface area contributed by atoms with Crippen molar-refractivity contribution in [2.75, 3.05) is 13.7 Å². The summed E-state index contributed by atoms with van der Waals surface area (Å²) in [7, 11) is -15.4. The highest BCUT2D eigenvalue weighted by atomic mass is 31.3. The standard InChI is InChI=1S/C13H20N3O15P3/c1-14-10(18)3-2-7-5-16(13(20)15-12(7)19)11-4-8(17)9(29-11)6-28-33(24,25)31-34(26,27)30-32(21,22)23/h2-3,5,8-9,11,17H,4,6H2,1H3,(H,14,18)(H,24,25)(H,26,27)(H,15,19,20)(H2,21,22,23)/b3-2+/t8-,9-,11-/m1/s1. The third kappa shape index (κ3) is 8.46. The van der Waals surface area contributed by atoms with Crippen LogP contribution in [0.1, 0.15) is 18.2 Å². The molecule has 0 bridgehead atoms. The first-order chi connectivity index (χ1) is 15.5. The number of aliphatic hydroxyl groups excluding tert-OH is 1. The molecule has 1 amide bonds. The molecule has 1 saturated heterocycles. The van der Waals surface area contributed by atoms with Crippen molar-refractivity contribution >= 4 is 35.5 Å². The average molecular weight is 551 g/mol. The van der Waals surface area contributed by atoms with E-state index in [4.69, 9.17) is 19.4 Å². The molecule has 0 saturated carbocycles. The number of likely N-dealkylation sites (N-methyl/N-ethyl adjacent to an activating group) is 1. The van der Waals surface area contributed by atoms with Gasteiger partial charge in [0.05, 0.1) is 18.3 Å². The number of hydrogen-bond acceptors (Lipinski definition) is 11. The number of phosphoric ester groups is 1. The van der Waals surface area contributed by atoms with Crippen molar-refractivity contribution in [3.05, 3.63) is 38.7 Å². The maximum Gasteiger partial charge on any atom is 0.490 e. The zero-order valence-corrected chi connectivity index (χ0v) is 19.7. The number of phosphoric acid groups is 3. The monoisotopic (exact) mass is 551 g/mol. The first-order valence-electron chi connectivity index (χ1n) is 8.89. The highest BCUT2D eigenvalue weighted by Gasteiger charge is 2.43. The third-order valence-corrected chi connectivity index (χ3v) is 7.79. The van der Waals surface area contributed by atoms with Crippen LogP contribution in [0.4, 0.5) is 0 Å². The fraction of sp³-hybridized carbons (Fsp3) is 0.462. The largest absolute Gasteiger partial charge is 0.490 e. The number of aliphatic hydroxyl groups is 1. The summed E-state index contributed by atoms with van der Waals surface area (Å²) in [5.74, 6) is -0.531. The number of carbonyl (C=O) groups is 1. The van der Waals surface area contributed by atoms with Crippen LogP contribution in [-0.4, -0.2) is 66.0 Å². The fourth-order valence-corrected chi connectivity index (χ4v) is 5.62. The first-order valence-corrected chi connectivity index (χ1v) is 13.4. The number of hydrogen-bond donors (Lipinski definition) is 7. The smallest absolute Gasteiger partial charge is 0.390 e. The fourth-order valence-electron chi connectivity index (χ4n) is 2.59. The molecule has 0 radical (unpaired) electrons. The minimum absolute atomic E-state index is 0.113. The zero-order valence-electron chi connectivity index (χ0n) is 17.0. The van der Waals surface area contributed by atoms with Crippen LogP contribution >= 0.6 is 23.5 Å². The summed E-state index contributed by atoms with van der Waals surface area (Å²) in [6.45, 7) is -0.942. The van der Waals surface area contributed by atoms with Gasteiger partial charge in [0.25, 0.3) is 5.56 Å². The number of nitrogens with zero attached hydrogens (tertiary/aromatic N) is 1. The van der Waals surface area contributed by atoms with E-state index in [1.807, 2.05) is 4.98 Å². The van der Waals surface area contributed by atoms with Crippen LogP contribution < -0.4 is 16.6 Å². The van der Waals surface area contributed by atoms with Gasteiger partial charge in [-0.25, -0.2) is 18.5 Å². The van der Waals surface area contributed by atoms with Crippen LogP contribution in [0.2, 0.25) is 0 Å². The second kappa shape index (κ2) is 10.9. The van der Waals surface area contributed by atoms with Crippen LogP contribution in [0.25, 0.3) is 6.08 Å². The molecule has 2 heterocycles. The highest BCUT2D eigenvalue weighted by molar-refractivity contribution is 7.66. The Bertz CT molecular complexity index is 1200. The van der Waals surface area contributed by atoms with Gasteiger partial charge in [-0.15, -0.1) is 0 Å². The van der Waals surface area contributed by atoms with Gasteiger partial charge < -0.3 is 34.7 Å². The van der Waals surface area contributed by atoms with Gasteiger partial charge in [-0.2, -0.15) is 8.62 Å². The summed E-state index contributed by atoms with van der Waals surface area (Å²) < 4.78 is 51.5. The first kappa shape index (κ1) is 28.5. The number of aromatic amines is 1. The second-order valence-corrected chi connectivity index (χ2v) is 10.9. The summed E-state index contributed by atoms with van der Waals surface area (Å²) in [6, 6.07) is 0. The van der Waals surface area contributed by atoms with Gasteiger partial charge in [-0.05, 0) is 6.08 Å².